The second kappa shape index (κ2) is 5.25. The molecule has 0 saturated carbocycles. The lowest BCUT2D eigenvalue weighted by Gasteiger charge is -2.21. The molecule has 0 bridgehead atoms. The molecule has 2 heterocycles. The van der Waals surface area contributed by atoms with E-state index in [0.29, 0.717) is 26.2 Å². The van der Waals surface area contributed by atoms with Crippen LogP contribution in [-0.4, -0.2) is 43.0 Å². The van der Waals surface area contributed by atoms with Crippen LogP contribution in [0.5, 0.6) is 0 Å². The quantitative estimate of drug-likeness (QED) is 0.880. The Balaban J connectivity index is 1.55. The van der Waals surface area contributed by atoms with Gasteiger partial charge in [0.25, 0.3) is 0 Å². The van der Waals surface area contributed by atoms with Crippen LogP contribution in [0.3, 0.4) is 0 Å². The van der Waals surface area contributed by atoms with Gasteiger partial charge in [-0.05, 0) is 12.0 Å². The number of carbonyl (C=O) groups excluding carboxylic acids is 2. The van der Waals surface area contributed by atoms with Crippen molar-refractivity contribution in [2.75, 3.05) is 26.2 Å². The Morgan fingerprint density at radius 1 is 1.35 bits per heavy atom. The fraction of sp³-hybridized carbons (Fsp3) is 0.467. The average molecular weight is 274 g/mol. The van der Waals surface area contributed by atoms with Gasteiger partial charge in [-0.3, -0.25) is 4.79 Å². The first-order chi connectivity index (χ1) is 9.70. The summed E-state index contributed by atoms with van der Waals surface area (Å²) in [6, 6.07) is 9.59. The third-order valence-corrected chi connectivity index (χ3v) is 4.16. The lowest BCUT2D eigenvalue weighted by molar-refractivity contribution is -0.123. The first-order valence-corrected chi connectivity index (χ1v) is 6.89. The number of likely N-dealkylation sites (tertiary alicyclic amines) is 1. The number of rotatable bonds is 2. The minimum atomic E-state index is -0.369. The van der Waals surface area contributed by atoms with Crippen LogP contribution in [0, 0.1) is 5.41 Å². The molecule has 0 aliphatic carbocycles. The van der Waals surface area contributed by atoms with Crippen molar-refractivity contribution in [1.82, 2.24) is 10.2 Å². The van der Waals surface area contributed by atoms with Crippen molar-refractivity contribution in [3.63, 3.8) is 0 Å². The topological polar surface area (TPSA) is 58.6 Å². The zero-order valence-corrected chi connectivity index (χ0v) is 11.3. The highest BCUT2D eigenvalue weighted by Gasteiger charge is 2.48. The third kappa shape index (κ3) is 2.41. The van der Waals surface area contributed by atoms with Gasteiger partial charge in [-0.15, -0.1) is 0 Å². The zero-order valence-electron chi connectivity index (χ0n) is 11.3. The van der Waals surface area contributed by atoms with Crippen molar-refractivity contribution in [1.29, 1.82) is 0 Å². The molecule has 0 radical (unpaired) electrons. The second-order valence-corrected chi connectivity index (χ2v) is 5.52. The van der Waals surface area contributed by atoms with E-state index < -0.39 is 0 Å². The molecule has 1 amide bonds. The molecule has 1 spiro atoms. The number of ether oxygens (including phenoxy) is 1. The number of Topliss-reactive ketones (excluding diaryl/α,β-unsaturated/α-hetero) is 1. The van der Waals surface area contributed by atoms with E-state index in [9.17, 15) is 9.59 Å². The largest absolute Gasteiger partial charge is 0.445 e. The molecule has 5 nitrogen and oxygen atoms in total. The fourth-order valence-electron chi connectivity index (χ4n) is 2.91. The van der Waals surface area contributed by atoms with Gasteiger partial charge in [-0.2, -0.15) is 0 Å². The van der Waals surface area contributed by atoms with Crippen LogP contribution in [0.1, 0.15) is 12.0 Å². The number of ketones is 1. The van der Waals surface area contributed by atoms with E-state index in [4.69, 9.17) is 4.74 Å². The van der Waals surface area contributed by atoms with E-state index in [1.807, 2.05) is 30.3 Å². The van der Waals surface area contributed by atoms with Gasteiger partial charge < -0.3 is 15.0 Å². The van der Waals surface area contributed by atoms with Crippen LogP contribution in [0.2, 0.25) is 0 Å². The summed E-state index contributed by atoms with van der Waals surface area (Å²) in [6.45, 7) is 2.45. The zero-order chi connectivity index (χ0) is 14.0. The first-order valence-electron chi connectivity index (χ1n) is 6.89. The summed E-state index contributed by atoms with van der Waals surface area (Å²) < 4.78 is 5.31. The van der Waals surface area contributed by atoms with Crippen molar-refractivity contribution in [2.45, 2.75) is 13.0 Å². The number of hydrogen-bond acceptors (Lipinski definition) is 4. The maximum absolute atomic E-state index is 12.0. The van der Waals surface area contributed by atoms with E-state index >= 15 is 0 Å². The molecule has 2 aliphatic heterocycles. The van der Waals surface area contributed by atoms with Gasteiger partial charge in [-0.1, -0.05) is 30.3 Å². The lowest BCUT2D eigenvalue weighted by Crippen LogP contribution is -2.36. The predicted molar refractivity (Wildman–Crippen MR) is 73.1 cm³/mol. The molecule has 2 aliphatic rings. The smallest absolute Gasteiger partial charge is 0.410 e. The Bertz CT molecular complexity index is 517. The Morgan fingerprint density at radius 3 is 2.85 bits per heavy atom. The molecule has 2 fully saturated rings. The Morgan fingerprint density at radius 2 is 2.15 bits per heavy atom. The number of nitrogens with one attached hydrogen (secondary N) is 1. The first kappa shape index (κ1) is 13.1. The Hall–Kier alpha value is -1.88. The number of carbonyl (C=O) groups is 2. The summed E-state index contributed by atoms with van der Waals surface area (Å²) in [5.41, 5.74) is 0.597. The molecule has 1 aromatic rings. The van der Waals surface area contributed by atoms with Crippen molar-refractivity contribution >= 4 is 11.9 Å². The average Bonchev–Trinajstić information content (AvgIpc) is 3.06. The van der Waals surface area contributed by atoms with E-state index in [1.165, 1.54) is 0 Å². The van der Waals surface area contributed by atoms with Gasteiger partial charge >= 0.3 is 6.09 Å². The van der Waals surface area contributed by atoms with Crippen LogP contribution in [0.4, 0.5) is 4.79 Å². The summed E-state index contributed by atoms with van der Waals surface area (Å²) in [6.07, 6.45) is 0.407. The molecular formula is C15H18N2O3. The predicted octanol–water partition coefficient (Wildman–Crippen LogP) is 1.19. The van der Waals surface area contributed by atoms with E-state index in [-0.39, 0.29) is 23.9 Å². The summed E-state index contributed by atoms with van der Waals surface area (Å²) in [5.74, 6) is 0.218. The Labute approximate surface area is 117 Å². The highest BCUT2D eigenvalue weighted by molar-refractivity contribution is 5.90. The van der Waals surface area contributed by atoms with Gasteiger partial charge in [0.2, 0.25) is 0 Å². The molecule has 5 heteroatoms. The van der Waals surface area contributed by atoms with Crippen LogP contribution in [0.15, 0.2) is 30.3 Å². The fourth-order valence-corrected chi connectivity index (χ4v) is 2.91. The molecule has 1 N–H and O–H groups in total. The number of benzene rings is 1. The highest BCUT2D eigenvalue weighted by atomic mass is 16.6. The van der Waals surface area contributed by atoms with Gasteiger partial charge in [0.05, 0.1) is 12.0 Å². The van der Waals surface area contributed by atoms with Crippen molar-refractivity contribution in [3.05, 3.63) is 35.9 Å². The second-order valence-electron chi connectivity index (χ2n) is 5.52. The molecule has 2 saturated heterocycles. The molecule has 3 rings (SSSR count). The van der Waals surface area contributed by atoms with E-state index in [1.54, 1.807) is 4.90 Å². The summed E-state index contributed by atoms with van der Waals surface area (Å²) in [7, 11) is 0. The maximum Gasteiger partial charge on any atom is 0.410 e. The maximum atomic E-state index is 12.0. The minimum Gasteiger partial charge on any atom is -0.445 e. The number of hydrogen-bond donors (Lipinski definition) is 1. The van der Waals surface area contributed by atoms with E-state index in [0.717, 1.165) is 12.0 Å². The summed E-state index contributed by atoms with van der Waals surface area (Å²) in [5, 5.41) is 3.09. The van der Waals surface area contributed by atoms with Crippen LogP contribution < -0.4 is 5.32 Å². The standard InChI is InChI=1S/C15H18N2O3/c18-13-8-16-10-15(13)6-7-17(11-15)14(19)20-9-12-4-2-1-3-5-12/h1-5,16H,6-11H2. The van der Waals surface area contributed by atoms with Crippen LogP contribution >= 0.6 is 0 Å². The molecule has 20 heavy (non-hydrogen) atoms. The molecule has 1 unspecified atom stereocenters. The minimum absolute atomic E-state index is 0.218. The molecule has 1 atom stereocenters. The van der Waals surface area contributed by atoms with Crippen LogP contribution in [0.25, 0.3) is 0 Å². The third-order valence-electron chi connectivity index (χ3n) is 4.16. The monoisotopic (exact) mass is 274 g/mol. The normalized spacial score (nSPS) is 25.4. The highest BCUT2D eigenvalue weighted by Crippen LogP contribution is 2.33. The lowest BCUT2D eigenvalue weighted by atomic mass is 9.85. The van der Waals surface area contributed by atoms with Crippen molar-refractivity contribution in [3.8, 4) is 0 Å². The summed E-state index contributed by atoms with van der Waals surface area (Å²) in [4.78, 5) is 25.6. The molecule has 0 aromatic heterocycles. The van der Waals surface area contributed by atoms with E-state index in [2.05, 4.69) is 5.32 Å². The van der Waals surface area contributed by atoms with Gasteiger partial charge in [-0.25, -0.2) is 4.79 Å². The molecule has 106 valence electrons. The van der Waals surface area contributed by atoms with Gasteiger partial charge in [0, 0.05) is 19.6 Å². The number of nitrogens with zero attached hydrogens (tertiary/aromatic N) is 1. The SMILES string of the molecule is O=C(OCc1ccccc1)N1CCC2(CNCC2=O)C1. The molecule has 1 aromatic carbocycles. The van der Waals surface area contributed by atoms with Crippen molar-refractivity contribution in [2.24, 2.45) is 5.41 Å². The number of amides is 1. The van der Waals surface area contributed by atoms with Gasteiger partial charge in [0.15, 0.2) is 5.78 Å². The van der Waals surface area contributed by atoms with Crippen molar-refractivity contribution < 1.29 is 14.3 Å². The van der Waals surface area contributed by atoms with Gasteiger partial charge in [0.1, 0.15) is 6.61 Å². The van der Waals surface area contributed by atoms with Crippen LogP contribution in [-0.2, 0) is 16.1 Å². The molecular weight excluding hydrogens is 256 g/mol. The Kier molecular flexibility index (Phi) is 3.44. The summed E-state index contributed by atoms with van der Waals surface area (Å²) >= 11 is 0.